The van der Waals surface area contributed by atoms with E-state index in [1.165, 1.54) is 11.9 Å². The standard InChI is InChI=1S/C15H18N2O3/c1-15(2)13(9-6-4-5-7-11(9)20-15)16-10-8-12(18)17(3)14(10)19/h4-7,10,13,16H,8H2,1-3H3. The monoisotopic (exact) mass is 274 g/mol. The van der Waals surface area contributed by atoms with Crippen LogP contribution in [0.2, 0.25) is 0 Å². The Bertz CT molecular complexity index is 582. The fraction of sp³-hybridized carbons (Fsp3) is 0.467. The number of benzene rings is 1. The molecule has 5 heteroatoms. The van der Waals surface area contributed by atoms with Crippen LogP contribution in [0.4, 0.5) is 0 Å². The molecule has 1 aromatic carbocycles. The van der Waals surface area contributed by atoms with E-state index in [0.29, 0.717) is 0 Å². The Morgan fingerprint density at radius 2 is 2.00 bits per heavy atom. The van der Waals surface area contributed by atoms with Gasteiger partial charge in [0.25, 0.3) is 0 Å². The van der Waals surface area contributed by atoms with Crippen LogP contribution in [0.1, 0.15) is 31.9 Å². The van der Waals surface area contributed by atoms with Gasteiger partial charge in [-0.05, 0) is 19.9 Å². The molecular weight excluding hydrogens is 256 g/mol. The van der Waals surface area contributed by atoms with Gasteiger partial charge in [0.05, 0.1) is 18.5 Å². The third kappa shape index (κ3) is 1.89. The van der Waals surface area contributed by atoms with Gasteiger partial charge in [0, 0.05) is 12.6 Å². The Labute approximate surface area is 117 Å². The second-order valence-electron chi connectivity index (χ2n) is 5.89. The Kier molecular flexibility index (Phi) is 2.83. The first-order valence-electron chi connectivity index (χ1n) is 6.74. The molecule has 2 unspecified atom stereocenters. The van der Waals surface area contributed by atoms with Gasteiger partial charge in [0.2, 0.25) is 11.8 Å². The van der Waals surface area contributed by atoms with E-state index >= 15 is 0 Å². The van der Waals surface area contributed by atoms with Crippen molar-refractivity contribution in [1.29, 1.82) is 0 Å². The number of hydrogen-bond donors (Lipinski definition) is 1. The summed E-state index contributed by atoms with van der Waals surface area (Å²) in [4.78, 5) is 24.8. The number of carbonyl (C=O) groups excluding carboxylic acids is 2. The first kappa shape index (κ1) is 13.1. The number of fused-ring (bicyclic) bond motifs is 1. The van der Waals surface area contributed by atoms with Crippen molar-refractivity contribution in [3.8, 4) is 5.75 Å². The van der Waals surface area contributed by atoms with Crippen LogP contribution in [0.25, 0.3) is 0 Å². The summed E-state index contributed by atoms with van der Waals surface area (Å²) in [7, 11) is 1.52. The highest BCUT2D eigenvalue weighted by atomic mass is 16.5. The summed E-state index contributed by atoms with van der Waals surface area (Å²) in [5.74, 6) is 0.521. The molecule has 2 amide bonds. The van der Waals surface area contributed by atoms with Crippen molar-refractivity contribution in [1.82, 2.24) is 10.2 Å². The summed E-state index contributed by atoms with van der Waals surface area (Å²) < 4.78 is 5.93. The molecule has 1 N–H and O–H groups in total. The number of likely N-dealkylation sites (tertiary alicyclic amines) is 1. The maximum absolute atomic E-state index is 12.0. The predicted molar refractivity (Wildman–Crippen MR) is 73.2 cm³/mol. The van der Waals surface area contributed by atoms with Crippen LogP contribution in [-0.4, -0.2) is 35.4 Å². The minimum absolute atomic E-state index is 0.105. The Morgan fingerprint density at radius 1 is 1.30 bits per heavy atom. The van der Waals surface area contributed by atoms with Gasteiger partial charge in [0.15, 0.2) is 0 Å². The molecule has 3 rings (SSSR count). The van der Waals surface area contributed by atoms with Crippen LogP contribution >= 0.6 is 0 Å². The molecule has 2 aliphatic heterocycles. The lowest BCUT2D eigenvalue weighted by atomic mass is 9.93. The summed E-state index contributed by atoms with van der Waals surface area (Å²) in [6.45, 7) is 3.96. The molecule has 2 heterocycles. The third-order valence-corrected chi connectivity index (χ3v) is 4.05. The molecule has 0 aromatic heterocycles. The molecule has 2 aliphatic rings. The van der Waals surface area contributed by atoms with E-state index in [-0.39, 0.29) is 24.3 Å². The van der Waals surface area contributed by atoms with Gasteiger partial charge in [0.1, 0.15) is 11.4 Å². The Balaban J connectivity index is 1.87. The van der Waals surface area contributed by atoms with E-state index in [2.05, 4.69) is 5.32 Å². The quantitative estimate of drug-likeness (QED) is 0.825. The molecule has 2 atom stereocenters. The first-order valence-corrected chi connectivity index (χ1v) is 6.74. The lowest BCUT2D eigenvalue weighted by Crippen LogP contribution is -2.46. The number of rotatable bonds is 2. The fourth-order valence-electron chi connectivity index (χ4n) is 2.91. The van der Waals surface area contributed by atoms with Crippen LogP contribution in [0.3, 0.4) is 0 Å². The Morgan fingerprint density at radius 3 is 2.65 bits per heavy atom. The Hall–Kier alpha value is -1.88. The second kappa shape index (κ2) is 4.31. The number of nitrogens with one attached hydrogen (secondary N) is 1. The minimum atomic E-state index is -0.466. The van der Waals surface area contributed by atoms with Crippen LogP contribution in [0, 0.1) is 0 Å². The summed E-state index contributed by atoms with van der Waals surface area (Å²) in [6.07, 6.45) is 0.212. The van der Waals surface area contributed by atoms with Gasteiger partial charge in [-0.3, -0.25) is 19.8 Å². The summed E-state index contributed by atoms with van der Waals surface area (Å²) >= 11 is 0. The van der Waals surface area contributed by atoms with Gasteiger partial charge in [-0.1, -0.05) is 18.2 Å². The minimum Gasteiger partial charge on any atom is -0.486 e. The molecule has 0 saturated carbocycles. The van der Waals surface area contributed by atoms with E-state index in [0.717, 1.165) is 11.3 Å². The number of likely N-dealkylation sites (N-methyl/N-ethyl adjacent to an activating group) is 1. The van der Waals surface area contributed by atoms with Crippen LogP contribution in [0.15, 0.2) is 24.3 Å². The highest BCUT2D eigenvalue weighted by Gasteiger charge is 2.45. The highest BCUT2D eigenvalue weighted by molar-refractivity contribution is 6.05. The van der Waals surface area contributed by atoms with Crippen LogP contribution in [-0.2, 0) is 9.59 Å². The van der Waals surface area contributed by atoms with Crippen LogP contribution < -0.4 is 10.1 Å². The van der Waals surface area contributed by atoms with Crippen molar-refractivity contribution in [3.63, 3.8) is 0 Å². The number of ether oxygens (including phenoxy) is 1. The average molecular weight is 274 g/mol. The van der Waals surface area contributed by atoms with Gasteiger partial charge < -0.3 is 4.74 Å². The van der Waals surface area contributed by atoms with E-state index in [9.17, 15) is 9.59 Å². The van der Waals surface area contributed by atoms with Gasteiger partial charge in [-0.15, -0.1) is 0 Å². The molecule has 5 nitrogen and oxygen atoms in total. The lowest BCUT2D eigenvalue weighted by molar-refractivity contribution is -0.137. The van der Waals surface area contributed by atoms with E-state index in [4.69, 9.17) is 4.74 Å². The molecule has 1 fully saturated rings. The predicted octanol–water partition coefficient (Wildman–Crippen LogP) is 1.25. The fourth-order valence-corrected chi connectivity index (χ4v) is 2.91. The number of amides is 2. The first-order chi connectivity index (χ1) is 9.40. The number of imide groups is 1. The third-order valence-electron chi connectivity index (χ3n) is 4.05. The highest BCUT2D eigenvalue weighted by Crippen LogP contribution is 2.43. The van der Waals surface area contributed by atoms with Crippen molar-refractivity contribution < 1.29 is 14.3 Å². The van der Waals surface area contributed by atoms with Crippen molar-refractivity contribution in [2.75, 3.05) is 7.05 Å². The number of para-hydroxylation sites is 1. The molecule has 0 spiro atoms. The zero-order valence-corrected chi connectivity index (χ0v) is 11.8. The number of hydrogen-bond acceptors (Lipinski definition) is 4. The maximum Gasteiger partial charge on any atom is 0.246 e. The van der Waals surface area contributed by atoms with Gasteiger partial charge in [-0.25, -0.2) is 0 Å². The molecule has 0 radical (unpaired) electrons. The summed E-state index contributed by atoms with van der Waals surface area (Å²) in [5, 5.41) is 3.30. The molecular formula is C15H18N2O3. The molecule has 0 bridgehead atoms. The lowest BCUT2D eigenvalue weighted by Gasteiger charge is -2.29. The summed E-state index contributed by atoms with van der Waals surface area (Å²) in [6, 6.07) is 7.22. The summed E-state index contributed by atoms with van der Waals surface area (Å²) in [5.41, 5.74) is 0.584. The second-order valence-corrected chi connectivity index (χ2v) is 5.89. The topological polar surface area (TPSA) is 58.6 Å². The molecule has 1 saturated heterocycles. The largest absolute Gasteiger partial charge is 0.486 e. The smallest absolute Gasteiger partial charge is 0.246 e. The van der Waals surface area contributed by atoms with E-state index in [1.807, 2.05) is 38.1 Å². The SMILES string of the molecule is CN1C(=O)CC(NC2c3ccccc3OC2(C)C)C1=O. The molecule has 0 aliphatic carbocycles. The van der Waals surface area contributed by atoms with Gasteiger partial charge in [-0.2, -0.15) is 0 Å². The molecule has 20 heavy (non-hydrogen) atoms. The van der Waals surface area contributed by atoms with Crippen LogP contribution in [0.5, 0.6) is 5.75 Å². The zero-order chi connectivity index (χ0) is 14.5. The maximum atomic E-state index is 12.0. The van der Waals surface area contributed by atoms with E-state index in [1.54, 1.807) is 0 Å². The number of nitrogens with zero attached hydrogens (tertiary/aromatic N) is 1. The van der Waals surface area contributed by atoms with Crippen molar-refractivity contribution in [3.05, 3.63) is 29.8 Å². The average Bonchev–Trinajstić information content (AvgIpc) is 2.79. The van der Waals surface area contributed by atoms with E-state index < -0.39 is 11.6 Å². The van der Waals surface area contributed by atoms with Crippen molar-refractivity contribution in [2.45, 2.75) is 38.0 Å². The van der Waals surface area contributed by atoms with Crippen molar-refractivity contribution in [2.24, 2.45) is 0 Å². The normalized spacial score (nSPS) is 27.6. The molecule has 106 valence electrons. The van der Waals surface area contributed by atoms with Crippen molar-refractivity contribution >= 4 is 11.8 Å². The zero-order valence-electron chi connectivity index (χ0n) is 11.8. The van der Waals surface area contributed by atoms with Gasteiger partial charge >= 0.3 is 0 Å². The molecule has 1 aromatic rings. The number of carbonyl (C=O) groups is 2.